The summed E-state index contributed by atoms with van der Waals surface area (Å²) < 4.78 is 54.6. The molecule has 0 radical (unpaired) electrons. The molecule has 0 fully saturated rings. The van der Waals surface area contributed by atoms with Gasteiger partial charge in [0.1, 0.15) is 17.5 Å². The first kappa shape index (κ1) is 21.2. The predicted octanol–water partition coefficient (Wildman–Crippen LogP) is 4.67. The molecule has 160 valence electrons. The standard InChI is InChI=1S/C21H17ClF2N4O2S/c1-25-10-13-12-28(31(29,30)16-4-2-3-14(23)7-16)20-9-21(26-11-17(13)20)27-19-6-5-15(24)8-18(19)22/h2-9,11-12,25H,10H2,1H3,(H,26,27). The Labute approximate surface area is 182 Å². The molecule has 0 saturated carbocycles. The summed E-state index contributed by atoms with van der Waals surface area (Å²) in [5.74, 6) is -0.820. The van der Waals surface area contributed by atoms with Crippen molar-refractivity contribution < 1.29 is 17.2 Å². The lowest BCUT2D eigenvalue weighted by Crippen LogP contribution is -2.12. The smallest absolute Gasteiger partial charge is 0.268 e. The molecule has 0 aliphatic heterocycles. The van der Waals surface area contributed by atoms with Crippen molar-refractivity contribution in [3.05, 3.63) is 83.1 Å². The fourth-order valence-electron chi connectivity index (χ4n) is 3.22. The molecule has 0 amide bonds. The van der Waals surface area contributed by atoms with Gasteiger partial charge in [0.05, 0.1) is 21.1 Å². The molecular formula is C21H17ClF2N4O2S. The molecule has 4 rings (SSSR count). The van der Waals surface area contributed by atoms with E-state index in [1.807, 2.05) is 0 Å². The minimum atomic E-state index is -4.07. The SMILES string of the molecule is CNCc1cn(S(=O)(=O)c2cccc(F)c2)c2cc(Nc3ccc(F)cc3Cl)ncc12. The van der Waals surface area contributed by atoms with Crippen molar-refractivity contribution in [1.29, 1.82) is 0 Å². The first-order chi connectivity index (χ1) is 14.8. The quantitative estimate of drug-likeness (QED) is 0.435. The van der Waals surface area contributed by atoms with E-state index in [-0.39, 0.29) is 9.92 Å². The highest BCUT2D eigenvalue weighted by molar-refractivity contribution is 7.90. The van der Waals surface area contributed by atoms with Crippen molar-refractivity contribution in [3.63, 3.8) is 0 Å². The van der Waals surface area contributed by atoms with Gasteiger partial charge in [-0.1, -0.05) is 17.7 Å². The highest BCUT2D eigenvalue weighted by Gasteiger charge is 2.22. The van der Waals surface area contributed by atoms with Crippen LogP contribution in [0.25, 0.3) is 10.9 Å². The number of nitrogens with zero attached hydrogens (tertiary/aromatic N) is 2. The second kappa shape index (κ2) is 8.26. The molecule has 2 N–H and O–H groups in total. The minimum absolute atomic E-state index is 0.153. The van der Waals surface area contributed by atoms with Crippen LogP contribution in [0.3, 0.4) is 0 Å². The van der Waals surface area contributed by atoms with Crippen LogP contribution in [0.1, 0.15) is 5.56 Å². The van der Waals surface area contributed by atoms with Gasteiger partial charge in [0.2, 0.25) is 0 Å². The van der Waals surface area contributed by atoms with Gasteiger partial charge in [-0.3, -0.25) is 0 Å². The number of hydrogen-bond acceptors (Lipinski definition) is 5. The van der Waals surface area contributed by atoms with Gasteiger partial charge >= 0.3 is 0 Å². The highest BCUT2D eigenvalue weighted by Crippen LogP contribution is 2.30. The van der Waals surface area contributed by atoms with Gasteiger partial charge in [-0.2, -0.15) is 0 Å². The first-order valence-electron chi connectivity index (χ1n) is 9.17. The van der Waals surface area contributed by atoms with Crippen molar-refractivity contribution in [3.8, 4) is 0 Å². The van der Waals surface area contributed by atoms with E-state index < -0.39 is 21.7 Å². The third kappa shape index (κ3) is 4.12. The molecular weight excluding hydrogens is 446 g/mol. The second-order valence-electron chi connectivity index (χ2n) is 6.78. The Hall–Kier alpha value is -3.01. The number of hydrogen-bond donors (Lipinski definition) is 2. The van der Waals surface area contributed by atoms with Crippen LogP contribution in [-0.4, -0.2) is 24.4 Å². The molecule has 0 spiro atoms. The monoisotopic (exact) mass is 462 g/mol. The molecule has 10 heteroatoms. The Balaban J connectivity index is 1.85. The lowest BCUT2D eigenvalue weighted by atomic mass is 10.2. The zero-order valence-corrected chi connectivity index (χ0v) is 17.8. The Morgan fingerprint density at radius 2 is 1.87 bits per heavy atom. The molecule has 2 heterocycles. The van der Waals surface area contributed by atoms with E-state index in [9.17, 15) is 17.2 Å². The van der Waals surface area contributed by atoms with Gasteiger partial charge in [0, 0.05) is 30.4 Å². The van der Waals surface area contributed by atoms with E-state index in [1.165, 1.54) is 36.5 Å². The zero-order valence-electron chi connectivity index (χ0n) is 16.2. The van der Waals surface area contributed by atoms with Gasteiger partial charge in [-0.25, -0.2) is 26.2 Å². The summed E-state index contributed by atoms with van der Waals surface area (Å²) in [6.45, 7) is 0.403. The van der Waals surface area contributed by atoms with Gasteiger partial charge in [-0.15, -0.1) is 0 Å². The van der Waals surface area contributed by atoms with Crippen LogP contribution in [-0.2, 0) is 16.6 Å². The van der Waals surface area contributed by atoms with E-state index >= 15 is 0 Å². The Morgan fingerprint density at radius 1 is 1.10 bits per heavy atom. The third-order valence-electron chi connectivity index (χ3n) is 4.65. The number of aromatic nitrogens is 2. The molecule has 4 aromatic rings. The van der Waals surface area contributed by atoms with E-state index in [0.29, 0.717) is 34.5 Å². The van der Waals surface area contributed by atoms with Crippen LogP contribution < -0.4 is 10.6 Å². The van der Waals surface area contributed by atoms with Crippen LogP contribution in [0.2, 0.25) is 5.02 Å². The van der Waals surface area contributed by atoms with Crippen LogP contribution in [0.15, 0.2) is 65.8 Å². The predicted molar refractivity (Wildman–Crippen MR) is 116 cm³/mol. The van der Waals surface area contributed by atoms with Crippen molar-refractivity contribution in [1.82, 2.24) is 14.3 Å². The number of halogens is 3. The van der Waals surface area contributed by atoms with Crippen LogP contribution >= 0.6 is 11.6 Å². The zero-order chi connectivity index (χ0) is 22.2. The molecule has 0 unspecified atom stereocenters. The summed E-state index contributed by atoms with van der Waals surface area (Å²) in [4.78, 5) is 4.16. The Bertz CT molecular complexity index is 1390. The van der Waals surface area contributed by atoms with E-state index in [2.05, 4.69) is 15.6 Å². The molecule has 0 aliphatic carbocycles. The van der Waals surface area contributed by atoms with Gasteiger partial charge < -0.3 is 10.6 Å². The largest absolute Gasteiger partial charge is 0.339 e. The summed E-state index contributed by atoms with van der Waals surface area (Å²) in [7, 11) is -2.33. The summed E-state index contributed by atoms with van der Waals surface area (Å²) in [6, 6.07) is 10.2. The maximum Gasteiger partial charge on any atom is 0.268 e. The molecule has 2 aromatic carbocycles. The van der Waals surface area contributed by atoms with Gasteiger partial charge in [0.15, 0.2) is 0 Å². The maximum atomic E-state index is 13.7. The number of pyridine rings is 1. The lowest BCUT2D eigenvalue weighted by Gasteiger charge is -2.10. The van der Waals surface area contributed by atoms with Crippen molar-refractivity contribution in [2.45, 2.75) is 11.4 Å². The number of fused-ring (bicyclic) bond motifs is 1. The summed E-state index contributed by atoms with van der Waals surface area (Å²) in [5.41, 5.74) is 1.47. The van der Waals surface area contributed by atoms with Gasteiger partial charge in [-0.05, 0) is 49.0 Å². The van der Waals surface area contributed by atoms with Gasteiger partial charge in [0.25, 0.3) is 10.0 Å². The normalized spacial score (nSPS) is 11.7. The van der Waals surface area contributed by atoms with E-state index in [4.69, 9.17) is 11.6 Å². The molecule has 0 saturated heterocycles. The van der Waals surface area contributed by atoms with Crippen LogP contribution in [0.4, 0.5) is 20.3 Å². The van der Waals surface area contributed by atoms with E-state index in [1.54, 1.807) is 19.3 Å². The average Bonchev–Trinajstić information content (AvgIpc) is 3.09. The summed E-state index contributed by atoms with van der Waals surface area (Å²) >= 11 is 6.07. The Morgan fingerprint density at radius 3 is 2.58 bits per heavy atom. The lowest BCUT2D eigenvalue weighted by molar-refractivity contribution is 0.584. The maximum absolute atomic E-state index is 13.7. The minimum Gasteiger partial charge on any atom is -0.339 e. The van der Waals surface area contributed by atoms with E-state index in [0.717, 1.165) is 16.1 Å². The first-order valence-corrected chi connectivity index (χ1v) is 11.0. The topological polar surface area (TPSA) is 76.0 Å². The van der Waals surface area contributed by atoms with Crippen molar-refractivity contribution >= 4 is 44.0 Å². The van der Waals surface area contributed by atoms with Crippen LogP contribution in [0.5, 0.6) is 0 Å². The number of nitrogens with one attached hydrogen (secondary N) is 2. The number of benzene rings is 2. The molecule has 0 aliphatic rings. The average molecular weight is 463 g/mol. The number of anilines is 2. The van der Waals surface area contributed by atoms with Crippen LogP contribution in [0, 0.1) is 11.6 Å². The fraction of sp³-hybridized carbons (Fsp3) is 0.0952. The third-order valence-corrected chi connectivity index (χ3v) is 6.63. The number of rotatable bonds is 6. The highest BCUT2D eigenvalue weighted by atomic mass is 35.5. The molecule has 31 heavy (non-hydrogen) atoms. The Kier molecular flexibility index (Phi) is 5.65. The fourth-order valence-corrected chi connectivity index (χ4v) is 4.85. The summed E-state index contributed by atoms with van der Waals surface area (Å²) in [5, 5.41) is 6.73. The van der Waals surface area contributed by atoms with Crippen molar-refractivity contribution in [2.75, 3.05) is 12.4 Å². The second-order valence-corrected chi connectivity index (χ2v) is 9.00. The molecule has 6 nitrogen and oxygen atoms in total. The molecule has 0 atom stereocenters. The molecule has 2 aromatic heterocycles. The molecule has 0 bridgehead atoms. The summed E-state index contributed by atoms with van der Waals surface area (Å²) in [6.07, 6.45) is 3.02. The van der Waals surface area contributed by atoms with Crippen molar-refractivity contribution in [2.24, 2.45) is 0 Å².